The highest BCUT2D eigenvalue weighted by molar-refractivity contribution is 7.90. The predicted molar refractivity (Wildman–Crippen MR) is 75.5 cm³/mol. The molecule has 0 radical (unpaired) electrons. The Hall–Kier alpha value is -1.05. The molecule has 1 atom stereocenters. The molecule has 0 spiro atoms. The van der Waals surface area contributed by atoms with E-state index in [1.54, 1.807) is 24.1 Å². The van der Waals surface area contributed by atoms with Crippen molar-refractivity contribution in [3.63, 3.8) is 0 Å². The molecule has 2 N–H and O–H groups in total. The molecule has 0 fully saturated rings. The van der Waals surface area contributed by atoms with Crippen molar-refractivity contribution in [3.05, 3.63) is 35.4 Å². The van der Waals surface area contributed by atoms with E-state index in [9.17, 15) is 17.2 Å². The van der Waals surface area contributed by atoms with E-state index in [1.807, 2.05) is 0 Å². The van der Waals surface area contributed by atoms with Gasteiger partial charge in [0, 0.05) is 31.0 Å². The minimum absolute atomic E-state index is 0.00847. The highest BCUT2D eigenvalue weighted by Gasteiger charge is 2.18. The highest BCUT2D eigenvalue weighted by Crippen LogP contribution is 2.24. The van der Waals surface area contributed by atoms with Gasteiger partial charge in [-0.05, 0) is 18.7 Å². The monoisotopic (exact) mass is 306 g/mol. The summed E-state index contributed by atoms with van der Waals surface area (Å²) in [7, 11) is -1.33. The Labute approximate surface area is 118 Å². The molecule has 0 aliphatic heterocycles. The molecule has 0 bridgehead atoms. The minimum atomic E-state index is -3.07. The van der Waals surface area contributed by atoms with Crippen molar-refractivity contribution in [2.75, 3.05) is 32.1 Å². The van der Waals surface area contributed by atoms with Gasteiger partial charge in [-0.25, -0.2) is 17.2 Å². The molecule has 0 heterocycles. The van der Waals surface area contributed by atoms with Crippen LogP contribution in [0.15, 0.2) is 24.3 Å². The molecule has 7 heteroatoms. The SMILES string of the molecule is CN(CCS(C)(=O)=O)C(CN)c1cccc(C(F)F)c1. The van der Waals surface area contributed by atoms with Crippen LogP contribution in [0.3, 0.4) is 0 Å². The molecule has 1 aromatic rings. The number of likely N-dealkylation sites (N-methyl/N-ethyl adjacent to an activating group) is 1. The van der Waals surface area contributed by atoms with Crippen molar-refractivity contribution < 1.29 is 17.2 Å². The van der Waals surface area contributed by atoms with E-state index in [4.69, 9.17) is 5.73 Å². The number of halogens is 2. The Morgan fingerprint density at radius 3 is 2.40 bits per heavy atom. The molecule has 20 heavy (non-hydrogen) atoms. The third kappa shape index (κ3) is 5.15. The number of hydrogen-bond donors (Lipinski definition) is 1. The van der Waals surface area contributed by atoms with Crippen LogP contribution in [0.1, 0.15) is 23.6 Å². The van der Waals surface area contributed by atoms with Gasteiger partial charge in [0.25, 0.3) is 6.43 Å². The van der Waals surface area contributed by atoms with E-state index >= 15 is 0 Å². The van der Waals surface area contributed by atoms with Gasteiger partial charge in [-0.2, -0.15) is 0 Å². The summed E-state index contributed by atoms with van der Waals surface area (Å²) in [6, 6.07) is 5.78. The molecule has 1 rings (SSSR count). The maximum Gasteiger partial charge on any atom is 0.263 e. The van der Waals surface area contributed by atoms with E-state index in [2.05, 4.69) is 0 Å². The van der Waals surface area contributed by atoms with Crippen LogP contribution in [0, 0.1) is 0 Å². The molecule has 0 aromatic heterocycles. The first-order valence-electron chi connectivity index (χ1n) is 6.20. The van der Waals surface area contributed by atoms with Crippen molar-refractivity contribution in [2.24, 2.45) is 5.73 Å². The van der Waals surface area contributed by atoms with Crippen LogP contribution in [-0.2, 0) is 9.84 Å². The van der Waals surface area contributed by atoms with Crippen LogP contribution in [0.2, 0.25) is 0 Å². The second-order valence-corrected chi connectivity index (χ2v) is 7.09. The van der Waals surface area contributed by atoms with Crippen LogP contribution in [0.5, 0.6) is 0 Å². The van der Waals surface area contributed by atoms with E-state index in [0.717, 1.165) is 6.26 Å². The van der Waals surface area contributed by atoms with Crippen LogP contribution in [0.4, 0.5) is 8.78 Å². The number of hydrogen-bond acceptors (Lipinski definition) is 4. The smallest absolute Gasteiger partial charge is 0.263 e. The van der Waals surface area contributed by atoms with Gasteiger partial charge >= 0.3 is 0 Å². The van der Waals surface area contributed by atoms with Crippen LogP contribution >= 0.6 is 0 Å². The van der Waals surface area contributed by atoms with Crippen molar-refractivity contribution >= 4 is 9.84 Å². The Morgan fingerprint density at radius 1 is 1.30 bits per heavy atom. The molecule has 114 valence electrons. The fourth-order valence-electron chi connectivity index (χ4n) is 1.94. The molecular weight excluding hydrogens is 286 g/mol. The van der Waals surface area contributed by atoms with E-state index in [0.29, 0.717) is 12.1 Å². The van der Waals surface area contributed by atoms with Crippen molar-refractivity contribution in [1.82, 2.24) is 4.90 Å². The average Bonchev–Trinajstić information content (AvgIpc) is 2.37. The maximum atomic E-state index is 12.7. The Balaban J connectivity index is 2.87. The second kappa shape index (κ2) is 7.10. The fourth-order valence-corrected chi connectivity index (χ4v) is 2.56. The number of rotatable bonds is 7. The Kier molecular flexibility index (Phi) is 6.04. The number of nitrogens with zero attached hydrogens (tertiary/aromatic N) is 1. The van der Waals surface area contributed by atoms with Gasteiger partial charge in [0.05, 0.1) is 5.75 Å². The predicted octanol–water partition coefficient (Wildman–Crippen LogP) is 1.60. The standard InChI is InChI=1S/C13H20F2N2O2S/c1-17(6-7-20(2,18)19)12(9-16)10-4-3-5-11(8-10)13(14)15/h3-5,8,12-13H,6-7,9,16H2,1-2H3. The first-order chi connectivity index (χ1) is 9.24. The molecule has 4 nitrogen and oxygen atoms in total. The zero-order valence-corrected chi connectivity index (χ0v) is 12.4. The summed E-state index contributed by atoms with van der Waals surface area (Å²) in [5.41, 5.74) is 6.30. The summed E-state index contributed by atoms with van der Waals surface area (Å²) in [5, 5.41) is 0. The van der Waals surface area contributed by atoms with Crippen molar-refractivity contribution in [2.45, 2.75) is 12.5 Å². The highest BCUT2D eigenvalue weighted by atomic mass is 32.2. The lowest BCUT2D eigenvalue weighted by Gasteiger charge is -2.27. The van der Waals surface area contributed by atoms with Crippen molar-refractivity contribution in [1.29, 1.82) is 0 Å². The lowest BCUT2D eigenvalue weighted by atomic mass is 10.0. The molecule has 1 aromatic carbocycles. The number of nitrogens with two attached hydrogens (primary N) is 1. The lowest BCUT2D eigenvalue weighted by Crippen LogP contribution is -2.34. The average molecular weight is 306 g/mol. The van der Waals surface area contributed by atoms with E-state index < -0.39 is 16.3 Å². The summed E-state index contributed by atoms with van der Waals surface area (Å²) >= 11 is 0. The zero-order chi connectivity index (χ0) is 15.3. The molecule has 0 aliphatic rings. The summed E-state index contributed by atoms with van der Waals surface area (Å²) in [6.45, 7) is 0.534. The van der Waals surface area contributed by atoms with E-state index in [-0.39, 0.29) is 23.9 Å². The van der Waals surface area contributed by atoms with Gasteiger partial charge in [0.1, 0.15) is 9.84 Å². The van der Waals surface area contributed by atoms with Gasteiger partial charge in [0.2, 0.25) is 0 Å². The Morgan fingerprint density at radius 2 is 1.90 bits per heavy atom. The summed E-state index contributed by atoms with van der Waals surface area (Å²) in [6.07, 6.45) is -1.37. The molecule has 0 aliphatic carbocycles. The van der Waals surface area contributed by atoms with Crippen LogP contribution < -0.4 is 5.73 Å². The quantitative estimate of drug-likeness (QED) is 0.831. The molecule has 1 unspecified atom stereocenters. The number of sulfone groups is 1. The zero-order valence-electron chi connectivity index (χ0n) is 11.6. The largest absolute Gasteiger partial charge is 0.329 e. The summed E-state index contributed by atoms with van der Waals surface area (Å²) in [4.78, 5) is 1.77. The van der Waals surface area contributed by atoms with Gasteiger partial charge in [-0.1, -0.05) is 18.2 Å². The molecule has 0 amide bonds. The molecule has 0 saturated heterocycles. The first-order valence-corrected chi connectivity index (χ1v) is 8.26. The third-order valence-corrected chi connectivity index (χ3v) is 4.04. The fraction of sp³-hybridized carbons (Fsp3) is 0.538. The van der Waals surface area contributed by atoms with Gasteiger partial charge in [-0.3, -0.25) is 4.90 Å². The second-order valence-electron chi connectivity index (χ2n) is 4.83. The lowest BCUT2D eigenvalue weighted by molar-refractivity contribution is 0.151. The third-order valence-electron chi connectivity index (χ3n) is 3.12. The van der Waals surface area contributed by atoms with Gasteiger partial charge in [0.15, 0.2) is 0 Å². The van der Waals surface area contributed by atoms with E-state index in [1.165, 1.54) is 12.1 Å². The molecular formula is C13H20F2N2O2S. The first kappa shape index (κ1) is 17.0. The summed E-state index contributed by atoms with van der Waals surface area (Å²) < 4.78 is 47.7. The van der Waals surface area contributed by atoms with Crippen LogP contribution in [-0.4, -0.2) is 45.5 Å². The Bertz CT molecular complexity index is 535. The van der Waals surface area contributed by atoms with Gasteiger partial charge < -0.3 is 5.73 Å². The minimum Gasteiger partial charge on any atom is -0.329 e. The topological polar surface area (TPSA) is 63.4 Å². The number of benzene rings is 1. The normalized spacial score (nSPS) is 13.9. The summed E-state index contributed by atoms with van der Waals surface area (Å²) in [5.74, 6) is 0.00847. The molecule has 0 saturated carbocycles. The van der Waals surface area contributed by atoms with Gasteiger partial charge in [-0.15, -0.1) is 0 Å². The van der Waals surface area contributed by atoms with Crippen LogP contribution in [0.25, 0.3) is 0 Å². The maximum absolute atomic E-state index is 12.7. The van der Waals surface area contributed by atoms with Crippen molar-refractivity contribution in [3.8, 4) is 0 Å². The number of alkyl halides is 2.